The normalized spacial score (nSPS) is 16.5. The SMILES string of the molecule is Cc1ccc(OC2CCCC2)c2ccccc12. The highest BCUT2D eigenvalue weighted by Gasteiger charge is 2.17. The Kier molecular flexibility index (Phi) is 2.76. The van der Waals surface area contributed by atoms with E-state index < -0.39 is 0 Å². The summed E-state index contributed by atoms with van der Waals surface area (Å²) in [5.74, 6) is 1.05. The highest BCUT2D eigenvalue weighted by molar-refractivity contribution is 5.90. The molecule has 0 aliphatic heterocycles. The molecule has 0 radical (unpaired) electrons. The Morgan fingerprint density at radius 2 is 1.65 bits per heavy atom. The molecule has 17 heavy (non-hydrogen) atoms. The van der Waals surface area contributed by atoms with Crippen molar-refractivity contribution in [1.29, 1.82) is 0 Å². The fourth-order valence-corrected chi connectivity index (χ4v) is 2.71. The van der Waals surface area contributed by atoms with Crippen molar-refractivity contribution in [1.82, 2.24) is 0 Å². The van der Waals surface area contributed by atoms with Gasteiger partial charge in [0.2, 0.25) is 0 Å². The van der Waals surface area contributed by atoms with E-state index in [1.165, 1.54) is 42.0 Å². The molecule has 0 unspecified atom stereocenters. The molecule has 0 spiro atoms. The number of rotatable bonds is 2. The molecule has 0 atom stereocenters. The minimum Gasteiger partial charge on any atom is -0.490 e. The van der Waals surface area contributed by atoms with Gasteiger partial charge >= 0.3 is 0 Å². The van der Waals surface area contributed by atoms with Crippen LogP contribution in [0.25, 0.3) is 10.8 Å². The molecule has 1 nitrogen and oxygen atoms in total. The monoisotopic (exact) mass is 226 g/mol. The Bertz CT molecular complexity index is 524. The molecule has 0 amide bonds. The molecule has 2 aromatic carbocycles. The van der Waals surface area contributed by atoms with E-state index in [2.05, 4.69) is 43.3 Å². The van der Waals surface area contributed by atoms with Crippen LogP contribution < -0.4 is 4.74 Å². The van der Waals surface area contributed by atoms with Crippen LogP contribution >= 0.6 is 0 Å². The van der Waals surface area contributed by atoms with E-state index in [-0.39, 0.29) is 0 Å². The van der Waals surface area contributed by atoms with Crippen LogP contribution in [0.15, 0.2) is 36.4 Å². The average Bonchev–Trinajstić information content (AvgIpc) is 2.86. The molecule has 0 aromatic heterocycles. The molecule has 0 heterocycles. The molecule has 1 heteroatoms. The van der Waals surface area contributed by atoms with Crippen molar-refractivity contribution in [3.05, 3.63) is 42.0 Å². The minimum absolute atomic E-state index is 0.432. The molecule has 0 bridgehead atoms. The molecule has 2 aromatic rings. The first-order chi connectivity index (χ1) is 8.34. The lowest BCUT2D eigenvalue weighted by Gasteiger charge is -2.15. The zero-order valence-electron chi connectivity index (χ0n) is 10.3. The summed E-state index contributed by atoms with van der Waals surface area (Å²) >= 11 is 0. The first kappa shape index (κ1) is 10.6. The molecule has 1 aliphatic carbocycles. The topological polar surface area (TPSA) is 9.23 Å². The van der Waals surface area contributed by atoms with Gasteiger partial charge in [-0.3, -0.25) is 0 Å². The third kappa shape index (κ3) is 2.02. The summed E-state index contributed by atoms with van der Waals surface area (Å²) in [5.41, 5.74) is 1.32. The minimum atomic E-state index is 0.432. The van der Waals surface area contributed by atoms with Crippen molar-refractivity contribution >= 4 is 10.8 Å². The summed E-state index contributed by atoms with van der Waals surface area (Å²) < 4.78 is 6.14. The lowest BCUT2D eigenvalue weighted by molar-refractivity contribution is 0.213. The van der Waals surface area contributed by atoms with Gasteiger partial charge in [0.1, 0.15) is 5.75 Å². The van der Waals surface area contributed by atoms with Gasteiger partial charge in [0.15, 0.2) is 0 Å². The van der Waals surface area contributed by atoms with Gasteiger partial charge < -0.3 is 4.74 Å². The first-order valence-electron chi connectivity index (χ1n) is 6.49. The maximum atomic E-state index is 6.14. The Balaban J connectivity index is 2.01. The molecule has 88 valence electrons. The van der Waals surface area contributed by atoms with Gasteiger partial charge in [0, 0.05) is 5.39 Å². The first-order valence-corrected chi connectivity index (χ1v) is 6.49. The van der Waals surface area contributed by atoms with E-state index in [4.69, 9.17) is 4.74 Å². The average molecular weight is 226 g/mol. The van der Waals surface area contributed by atoms with Crippen molar-refractivity contribution in [3.63, 3.8) is 0 Å². The largest absolute Gasteiger partial charge is 0.490 e. The number of fused-ring (bicyclic) bond motifs is 1. The van der Waals surface area contributed by atoms with Gasteiger partial charge in [-0.05, 0) is 49.6 Å². The molecule has 0 N–H and O–H groups in total. The van der Waals surface area contributed by atoms with E-state index in [1.807, 2.05) is 0 Å². The van der Waals surface area contributed by atoms with Crippen LogP contribution in [-0.2, 0) is 0 Å². The molecular formula is C16H18O. The zero-order valence-corrected chi connectivity index (χ0v) is 10.3. The van der Waals surface area contributed by atoms with Crippen LogP contribution in [0.4, 0.5) is 0 Å². The van der Waals surface area contributed by atoms with Crippen molar-refractivity contribution in [2.24, 2.45) is 0 Å². The maximum absolute atomic E-state index is 6.14. The van der Waals surface area contributed by atoms with E-state index in [0.29, 0.717) is 6.10 Å². The van der Waals surface area contributed by atoms with Crippen LogP contribution in [0.3, 0.4) is 0 Å². The maximum Gasteiger partial charge on any atom is 0.127 e. The van der Waals surface area contributed by atoms with Crippen LogP contribution in [0.2, 0.25) is 0 Å². The predicted octanol–water partition coefficient (Wildman–Crippen LogP) is 4.47. The van der Waals surface area contributed by atoms with Crippen molar-refractivity contribution in [3.8, 4) is 5.75 Å². The van der Waals surface area contributed by atoms with E-state index in [9.17, 15) is 0 Å². The second-order valence-electron chi connectivity index (χ2n) is 4.95. The molecule has 3 rings (SSSR count). The van der Waals surface area contributed by atoms with Crippen molar-refractivity contribution in [2.75, 3.05) is 0 Å². The van der Waals surface area contributed by atoms with Crippen molar-refractivity contribution < 1.29 is 4.74 Å². The number of aryl methyl sites for hydroxylation is 1. The second-order valence-corrected chi connectivity index (χ2v) is 4.95. The lowest BCUT2D eigenvalue weighted by atomic mass is 10.0. The van der Waals surface area contributed by atoms with Gasteiger partial charge in [0.05, 0.1) is 6.10 Å². The molecule has 1 fully saturated rings. The zero-order chi connectivity index (χ0) is 11.7. The van der Waals surface area contributed by atoms with Crippen LogP contribution in [-0.4, -0.2) is 6.10 Å². The summed E-state index contributed by atoms with van der Waals surface area (Å²) in [7, 11) is 0. The summed E-state index contributed by atoms with van der Waals surface area (Å²) in [6.45, 7) is 2.15. The van der Waals surface area contributed by atoms with Gasteiger partial charge in [-0.2, -0.15) is 0 Å². The van der Waals surface area contributed by atoms with Gasteiger partial charge in [0.25, 0.3) is 0 Å². The van der Waals surface area contributed by atoms with E-state index >= 15 is 0 Å². The summed E-state index contributed by atoms with van der Waals surface area (Å²) in [6.07, 6.45) is 5.48. The molecular weight excluding hydrogens is 208 g/mol. The second kappa shape index (κ2) is 4.40. The number of ether oxygens (including phenoxy) is 1. The molecule has 1 saturated carbocycles. The number of benzene rings is 2. The lowest BCUT2D eigenvalue weighted by Crippen LogP contribution is -2.11. The highest BCUT2D eigenvalue weighted by atomic mass is 16.5. The Morgan fingerprint density at radius 1 is 0.941 bits per heavy atom. The van der Waals surface area contributed by atoms with Crippen LogP contribution in [0.1, 0.15) is 31.2 Å². The van der Waals surface area contributed by atoms with E-state index in [1.54, 1.807) is 0 Å². The van der Waals surface area contributed by atoms with Gasteiger partial charge in [-0.1, -0.05) is 30.3 Å². The van der Waals surface area contributed by atoms with Gasteiger partial charge in [-0.15, -0.1) is 0 Å². The van der Waals surface area contributed by atoms with Crippen LogP contribution in [0.5, 0.6) is 5.75 Å². The fourth-order valence-electron chi connectivity index (χ4n) is 2.71. The Hall–Kier alpha value is -1.50. The Morgan fingerprint density at radius 3 is 2.41 bits per heavy atom. The summed E-state index contributed by atoms with van der Waals surface area (Å²) in [6, 6.07) is 12.8. The smallest absolute Gasteiger partial charge is 0.127 e. The molecule has 0 saturated heterocycles. The third-order valence-corrected chi connectivity index (χ3v) is 3.70. The Labute approximate surface area is 102 Å². The van der Waals surface area contributed by atoms with Crippen LogP contribution in [0, 0.1) is 6.92 Å². The molecule has 1 aliphatic rings. The third-order valence-electron chi connectivity index (χ3n) is 3.70. The number of hydrogen-bond acceptors (Lipinski definition) is 1. The van der Waals surface area contributed by atoms with Gasteiger partial charge in [-0.25, -0.2) is 0 Å². The summed E-state index contributed by atoms with van der Waals surface area (Å²) in [5, 5.41) is 2.56. The fraction of sp³-hybridized carbons (Fsp3) is 0.375. The van der Waals surface area contributed by atoms with Crippen molar-refractivity contribution in [2.45, 2.75) is 38.7 Å². The van der Waals surface area contributed by atoms with E-state index in [0.717, 1.165) is 5.75 Å². The summed E-state index contributed by atoms with van der Waals surface area (Å²) in [4.78, 5) is 0. The predicted molar refractivity (Wildman–Crippen MR) is 71.6 cm³/mol. The highest BCUT2D eigenvalue weighted by Crippen LogP contribution is 2.31. The quantitative estimate of drug-likeness (QED) is 0.734. The number of hydrogen-bond donors (Lipinski definition) is 0. The standard InChI is InChI=1S/C16H18O/c1-12-10-11-16(17-13-6-2-3-7-13)15-9-5-4-8-14(12)15/h4-5,8-11,13H,2-3,6-7H2,1H3.